The van der Waals surface area contributed by atoms with E-state index in [1.807, 2.05) is 18.2 Å². The molecule has 0 aromatic heterocycles. The van der Waals surface area contributed by atoms with Crippen LogP contribution < -0.4 is 5.32 Å². The number of benzene rings is 1. The van der Waals surface area contributed by atoms with Crippen LogP contribution in [0, 0.1) is 0 Å². The van der Waals surface area contributed by atoms with Gasteiger partial charge in [0.05, 0.1) is 11.0 Å². The van der Waals surface area contributed by atoms with Gasteiger partial charge in [0.25, 0.3) is 0 Å². The fraction of sp³-hybridized carbons (Fsp3) is 0.571. The van der Waals surface area contributed by atoms with Crippen LogP contribution in [0.15, 0.2) is 30.3 Å². The van der Waals surface area contributed by atoms with E-state index in [4.69, 9.17) is 0 Å². The van der Waals surface area contributed by atoms with Gasteiger partial charge in [0.15, 0.2) is 9.84 Å². The molecule has 0 radical (unpaired) electrons. The number of sulfone groups is 1. The maximum absolute atomic E-state index is 12.2. The molecule has 3 nitrogen and oxygen atoms in total. The normalized spacial score (nSPS) is 34.8. The fourth-order valence-corrected chi connectivity index (χ4v) is 5.29. The Balaban J connectivity index is 1.83. The minimum Gasteiger partial charge on any atom is -0.312 e. The van der Waals surface area contributed by atoms with E-state index in [9.17, 15) is 8.42 Å². The molecule has 2 aliphatic rings. The first-order chi connectivity index (χ1) is 8.67. The van der Waals surface area contributed by atoms with Gasteiger partial charge < -0.3 is 5.32 Å². The first-order valence-corrected chi connectivity index (χ1v) is 8.38. The van der Waals surface area contributed by atoms with E-state index in [-0.39, 0.29) is 11.3 Å². The Morgan fingerprint density at radius 3 is 2.67 bits per heavy atom. The van der Waals surface area contributed by atoms with E-state index >= 15 is 0 Å². The lowest BCUT2D eigenvalue weighted by atomic mass is 9.81. The Labute approximate surface area is 109 Å². The summed E-state index contributed by atoms with van der Waals surface area (Å²) < 4.78 is 24.3. The third-order valence-electron chi connectivity index (χ3n) is 4.32. The molecule has 1 N–H and O–H groups in total. The Kier molecular flexibility index (Phi) is 3.16. The van der Waals surface area contributed by atoms with Gasteiger partial charge >= 0.3 is 0 Å². The zero-order chi connectivity index (χ0) is 12.6. The fourth-order valence-electron chi connectivity index (χ4n) is 3.33. The van der Waals surface area contributed by atoms with Crippen LogP contribution in [-0.4, -0.2) is 32.0 Å². The molecule has 3 rings (SSSR count). The van der Waals surface area contributed by atoms with Crippen molar-refractivity contribution in [2.45, 2.75) is 36.5 Å². The minimum atomic E-state index is -2.89. The molecule has 3 atom stereocenters. The third kappa shape index (κ3) is 2.19. The molecule has 1 saturated carbocycles. The molecule has 98 valence electrons. The Morgan fingerprint density at radius 2 is 1.89 bits per heavy atom. The van der Waals surface area contributed by atoms with Gasteiger partial charge in [0.1, 0.15) is 0 Å². The lowest BCUT2D eigenvalue weighted by molar-refractivity contribution is 0.335. The van der Waals surface area contributed by atoms with Crippen LogP contribution in [0.1, 0.15) is 30.7 Å². The zero-order valence-electron chi connectivity index (χ0n) is 10.4. The topological polar surface area (TPSA) is 46.2 Å². The Morgan fingerprint density at radius 1 is 1.11 bits per heavy atom. The largest absolute Gasteiger partial charge is 0.312 e. The summed E-state index contributed by atoms with van der Waals surface area (Å²) in [4.78, 5) is 0. The molecular weight excluding hydrogens is 246 g/mol. The predicted octanol–water partition coefficient (Wildman–Crippen LogP) is 1.71. The standard InChI is InChI=1S/C14H19NO2S/c16-18(17)9-8-15-13-7-6-12(10-14(13)18)11-4-2-1-3-5-11/h1-5,12-15H,6-10H2. The molecule has 0 spiro atoms. The quantitative estimate of drug-likeness (QED) is 0.841. The zero-order valence-corrected chi connectivity index (χ0v) is 11.2. The summed E-state index contributed by atoms with van der Waals surface area (Å²) >= 11 is 0. The van der Waals surface area contributed by atoms with E-state index in [2.05, 4.69) is 17.4 Å². The molecule has 4 heteroatoms. The highest BCUT2D eigenvalue weighted by molar-refractivity contribution is 7.92. The van der Waals surface area contributed by atoms with Gasteiger partial charge in [-0.3, -0.25) is 0 Å². The SMILES string of the molecule is O=S1(=O)CCNC2CCC(c3ccccc3)CC21. The van der Waals surface area contributed by atoms with Crippen molar-refractivity contribution in [1.82, 2.24) is 5.32 Å². The van der Waals surface area contributed by atoms with Gasteiger partial charge in [-0.15, -0.1) is 0 Å². The lowest BCUT2D eigenvalue weighted by Crippen LogP contribution is -2.54. The van der Waals surface area contributed by atoms with Crippen LogP contribution in [0.25, 0.3) is 0 Å². The first kappa shape index (κ1) is 12.2. The maximum Gasteiger partial charge on any atom is 0.155 e. The van der Waals surface area contributed by atoms with Gasteiger partial charge in [0, 0.05) is 12.6 Å². The van der Waals surface area contributed by atoms with Crippen LogP contribution in [0.3, 0.4) is 0 Å². The van der Waals surface area contributed by atoms with E-state index in [1.54, 1.807) is 0 Å². The number of nitrogens with one attached hydrogen (secondary N) is 1. The summed E-state index contributed by atoms with van der Waals surface area (Å²) in [6, 6.07) is 10.5. The summed E-state index contributed by atoms with van der Waals surface area (Å²) in [7, 11) is -2.89. The summed E-state index contributed by atoms with van der Waals surface area (Å²) in [6.07, 6.45) is 2.85. The van der Waals surface area contributed by atoms with Crippen molar-refractivity contribution in [3.05, 3.63) is 35.9 Å². The number of hydrogen-bond acceptors (Lipinski definition) is 3. The Hall–Kier alpha value is -0.870. The molecule has 2 fully saturated rings. The van der Waals surface area contributed by atoms with Gasteiger partial charge in [-0.2, -0.15) is 0 Å². The number of fused-ring (bicyclic) bond motifs is 1. The molecule has 3 unspecified atom stereocenters. The molecular formula is C14H19NO2S. The second kappa shape index (κ2) is 4.67. The van der Waals surface area contributed by atoms with Gasteiger partial charge in [-0.05, 0) is 30.7 Å². The predicted molar refractivity (Wildman–Crippen MR) is 72.4 cm³/mol. The maximum atomic E-state index is 12.2. The lowest BCUT2D eigenvalue weighted by Gasteiger charge is -2.39. The summed E-state index contributed by atoms with van der Waals surface area (Å²) in [5, 5.41) is 3.19. The van der Waals surface area contributed by atoms with Crippen LogP contribution >= 0.6 is 0 Å². The van der Waals surface area contributed by atoms with Crippen molar-refractivity contribution in [3.8, 4) is 0 Å². The number of hydrogen-bond donors (Lipinski definition) is 1. The van der Waals surface area contributed by atoms with E-state index in [0.717, 1.165) is 19.3 Å². The van der Waals surface area contributed by atoms with Crippen LogP contribution in [0.2, 0.25) is 0 Å². The van der Waals surface area contributed by atoms with Crippen LogP contribution in [0.4, 0.5) is 0 Å². The highest BCUT2D eigenvalue weighted by Crippen LogP contribution is 2.37. The first-order valence-electron chi connectivity index (χ1n) is 6.67. The third-order valence-corrected chi connectivity index (χ3v) is 6.53. The highest BCUT2D eigenvalue weighted by Gasteiger charge is 2.41. The molecule has 18 heavy (non-hydrogen) atoms. The average Bonchev–Trinajstić information content (AvgIpc) is 2.39. The summed E-state index contributed by atoms with van der Waals surface area (Å²) in [5.41, 5.74) is 1.29. The monoisotopic (exact) mass is 265 g/mol. The smallest absolute Gasteiger partial charge is 0.155 e. The average molecular weight is 265 g/mol. The van der Waals surface area contributed by atoms with Crippen LogP contribution in [0.5, 0.6) is 0 Å². The summed E-state index contributed by atoms with van der Waals surface area (Å²) in [6.45, 7) is 0.625. The molecule has 1 saturated heterocycles. The second-order valence-corrected chi connectivity index (χ2v) is 7.73. The molecule has 0 bridgehead atoms. The van der Waals surface area contributed by atoms with Crippen molar-refractivity contribution in [1.29, 1.82) is 0 Å². The van der Waals surface area contributed by atoms with Gasteiger partial charge in [-0.1, -0.05) is 30.3 Å². The van der Waals surface area contributed by atoms with Crippen molar-refractivity contribution in [2.75, 3.05) is 12.3 Å². The molecule has 1 aliphatic heterocycles. The van der Waals surface area contributed by atoms with E-state index in [0.29, 0.717) is 18.2 Å². The van der Waals surface area contributed by atoms with E-state index in [1.165, 1.54) is 5.56 Å². The number of rotatable bonds is 1. The van der Waals surface area contributed by atoms with Crippen molar-refractivity contribution in [2.24, 2.45) is 0 Å². The second-order valence-electron chi connectivity index (χ2n) is 5.39. The highest BCUT2D eigenvalue weighted by atomic mass is 32.2. The molecule has 1 aromatic rings. The molecule has 1 aromatic carbocycles. The van der Waals surface area contributed by atoms with Gasteiger partial charge in [-0.25, -0.2) is 8.42 Å². The van der Waals surface area contributed by atoms with Crippen molar-refractivity contribution < 1.29 is 8.42 Å². The summed E-state index contributed by atoms with van der Waals surface area (Å²) in [5.74, 6) is 0.706. The van der Waals surface area contributed by atoms with Crippen LogP contribution in [-0.2, 0) is 9.84 Å². The Bertz CT molecular complexity index is 512. The molecule has 0 amide bonds. The van der Waals surface area contributed by atoms with E-state index < -0.39 is 9.84 Å². The molecule has 1 aliphatic carbocycles. The molecule has 1 heterocycles. The van der Waals surface area contributed by atoms with Crippen molar-refractivity contribution >= 4 is 9.84 Å². The minimum absolute atomic E-state index is 0.176. The van der Waals surface area contributed by atoms with Crippen molar-refractivity contribution in [3.63, 3.8) is 0 Å². The van der Waals surface area contributed by atoms with Gasteiger partial charge in [0.2, 0.25) is 0 Å².